The van der Waals surface area contributed by atoms with Crippen molar-refractivity contribution in [2.75, 3.05) is 6.61 Å². The molecular weight excluding hydrogens is 584 g/mol. The number of carbonyl (C=O) groups is 1. The molecule has 0 radical (unpaired) electrons. The average Bonchev–Trinajstić information content (AvgIpc) is 2.99. The third kappa shape index (κ3) is 17.7. The van der Waals surface area contributed by atoms with E-state index in [1.807, 2.05) is 19.1 Å². The number of unbranched alkanes of at least 4 members (excludes halogenated alkanes) is 8. The minimum absolute atomic E-state index is 0.194. The second-order valence-corrected chi connectivity index (χ2v) is 15.0. The van der Waals surface area contributed by atoms with Crippen molar-refractivity contribution in [2.24, 2.45) is 0 Å². The minimum Gasteiger partial charge on any atom is -0.611 e. The fraction of sp³-hybridized carbons (Fsp3) is 0.711. The summed E-state index contributed by atoms with van der Waals surface area (Å²) >= 11 is -1.79. The number of aryl methyl sites for hydroxylation is 1. The molecule has 1 aromatic carbocycles. The van der Waals surface area contributed by atoms with Crippen molar-refractivity contribution in [3.8, 4) is 0 Å². The van der Waals surface area contributed by atoms with Gasteiger partial charge in [0.25, 0.3) is 0 Å². The molecule has 0 aliphatic carbocycles. The number of hydrogen-bond donors (Lipinski definition) is 1. The lowest BCUT2D eigenvalue weighted by Crippen LogP contribution is -2.46. The van der Waals surface area contributed by atoms with Gasteiger partial charge < -0.3 is 23.9 Å². The summed E-state index contributed by atoms with van der Waals surface area (Å²) in [4.78, 5) is 13.8. The van der Waals surface area contributed by atoms with Crippen molar-refractivity contribution in [1.29, 1.82) is 0 Å². The van der Waals surface area contributed by atoms with Crippen LogP contribution in [0.15, 0.2) is 53.5 Å². The van der Waals surface area contributed by atoms with Crippen LogP contribution in [0.1, 0.15) is 136 Å². The Hall–Kier alpha value is -1.64. The topological polar surface area (TPSA) is 88.1 Å². The highest BCUT2D eigenvalue weighted by Crippen LogP contribution is 2.27. The van der Waals surface area contributed by atoms with Gasteiger partial charge in [-0.25, -0.2) is 4.79 Å². The summed E-state index contributed by atoms with van der Waals surface area (Å²) in [5.41, 5.74) is 0.266. The average molecular weight is 647 g/mol. The van der Waals surface area contributed by atoms with Gasteiger partial charge in [-0.05, 0) is 97.6 Å². The number of aliphatic hydroxyl groups excluding tert-OH is 1. The molecule has 6 nitrogen and oxygen atoms in total. The van der Waals surface area contributed by atoms with Gasteiger partial charge in [0.15, 0.2) is 11.2 Å². The molecule has 0 bridgehead atoms. The lowest BCUT2D eigenvalue weighted by Gasteiger charge is -2.32. The van der Waals surface area contributed by atoms with Gasteiger partial charge in [0.05, 0.1) is 6.10 Å². The Balaban J connectivity index is 1.90. The maximum atomic E-state index is 13.7. The molecular formula is C38H62O6S. The van der Waals surface area contributed by atoms with Gasteiger partial charge in [0.1, 0.15) is 11.7 Å². The molecule has 1 aliphatic rings. The zero-order valence-electron chi connectivity index (χ0n) is 28.8. The van der Waals surface area contributed by atoms with Gasteiger partial charge in [0, 0.05) is 24.2 Å². The number of esters is 1. The smallest absolute Gasteiger partial charge is 0.363 e. The number of rotatable bonds is 22. The second kappa shape index (κ2) is 22.8. The fourth-order valence-electron chi connectivity index (χ4n) is 5.42. The molecule has 0 spiro atoms. The molecule has 0 saturated carbocycles. The standard InChI is InChI=1S/C38H62O6S/c1-6-7-8-9-10-11-12-13-14-15-16-17-18-19-20-23-32(43-35-24-21-22-29-42-35)30-34(39)36(37(40)44-38(3,4)5)45(41)33-27-25-31(2)26-28-33/h10-11,13-14,25-28,32,34-36,39H,6-9,12,15-24,29-30H2,1-5H3/b11-10-,14-13-/t32?,34?,35?,36-,45?/m0/s1. The van der Waals surface area contributed by atoms with Crippen LogP contribution in [0, 0.1) is 6.92 Å². The van der Waals surface area contributed by atoms with Crippen LogP contribution in [0.3, 0.4) is 0 Å². The molecule has 0 amide bonds. The number of ether oxygens (including phenoxy) is 3. The van der Waals surface area contributed by atoms with E-state index in [0.717, 1.165) is 63.4 Å². The van der Waals surface area contributed by atoms with E-state index in [1.54, 1.807) is 32.9 Å². The first-order chi connectivity index (χ1) is 21.6. The van der Waals surface area contributed by atoms with Crippen molar-refractivity contribution in [1.82, 2.24) is 0 Å². The molecule has 1 heterocycles. The summed E-state index contributed by atoms with van der Waals surface area (Å²) < 4.78 is 31.5. The van der Waals surface area contributed by atoms with Gasteiger partial charge >= 0.3 is 5.97 Å². The molecule has 2 rings (SSSR count). The summed E-state index contributed by atoms with van der Waals surface area (Å²) in [5, 5.41) is 10.2. The Morgan fingerprint density at radius 3 is 2.27 bits per heavy atom. The van der Waals surface area contributed by atoms with E-state index in [1.165, 1.54) is 38.5 Å². The van der Waals surface area contributed by atoms with Gasteiger partial charge in [-0.2, -0.15) is 0 Å². The van der Waals surface area contributed by atoms with E-state index < -0.39 is 34.1 Å². The van der Waals surface area contributed by atoms with E-state index in [4.69, 9.17) is 14.2 Å². The molecule has 1 N–H and O–H groups in total. The van der Waals surface area contributed by atoms with E-state index in [0.29, 0.717) is 11.5 Å². The van der Waals surface area contributed by atoms with Crippen LogP contribution in [0.4, 0.5) is 0 Å². The predicted octanol–water partition coefficient (Wildman–Crippen LogP) is 9.29. The van der Waals surface area contributed by atoms with Crippen molar-refractivity contribution < 1.29 is 28.7 Å². The van der Waals surface area contributed by atoms with Crippen LogP contribution < -0.4 is 0 Å². The van der Waals surface area contributed by atoms with Crippen LogP contribution in [0.2, 0.25) is 0 Å². The highest BCUT2D eigenvalue weighted by atomic mass is 32.2. The maximum absolute atomic E-state index is 13.7. The zero-order chi connectivity index (χ0) is 32.9. The Morgan fingerprint density at radius 2 is 1.64 bits per heavy atom. The summed E-state index contributed by atoms with van der Waals surface area (Å²) in [5.74, 6) is -0.654. The molecule has 5 atom stereocenters. The van der Waals surface area contributed by atoms with E-state index in [2.05, 4.69) is 31.2 Å². The molecule has 256 valence electrons. The normalized spacial score (nSPS) is 18.7. The Labute approximate surface area is 277 Å². The number of aliphatic hydroxyl groups is 1. The molecule has 1 saturated heterocycles. The van der Waals surface area contributed by atoms with E-state index >= 15 is 0 Å². The van der Waals surface area contributed by atoms with Gasteiger partial charge in [-0.1, -0.05) is 87.4 Å². The highest BCUT2D eigenvalue weighted by Gasteiger charge is 2.43. The molecule has 45 heavy (non-hydrogen) atoms. The molecule has 1 aliphatic heterocycles. The SMILES string of the molecule is CCCCC/C=C\C/C=C\CCCCCCCC(CC(O)[C@@H](C(=O)OC(C)(C)C)[S+]([O-])c1ccc(C)cc1)OC1CCCCO1. The zero-order valence-corrected chi connectivity index (χ0v) is 29.7. The van der Waals surface area contributed by atoms with Crippen LogP contribution in [-0.2, 0) is 30.2 Å². The summed E-state index contributed by atoms with van der Waals surface area (Å²) in [7, 11) is 0. The quantitative estimate of drug-likeness (QED) is 0.0585. The lowest BCUT2D eigenvalue weighted by molar-refractivity contribution is -0.194. The number of benzene rings is 1. The second-order valence-electron chi connectivity index (χ2n) is 13.4. The highest BCUT2D eigenvalue weighted by molar-refractivity contribution is 7.92. The van der Waals surface area contributed by atoms with E-state index in [9.17, 15) is 14.5 Å². The third-order valence-corrected chi connectivity index (χ3v) is 9.64. The fourth-order valence-corrected chi connectivity index (χ4v) is 6.73. The van der Waals surface area contributed by atoms with Crippen molar-refractivity contribution in [3.05, 3.63) is 54.1 Å². The van der Waals surface area contributed by atoms with Crippen LogP contribution in [0.25, 0.3) is 0 Å². The lowest BCUT2D eigenvalue weighted by atomic mass is 10.0. The van der Waals surface area contributed by atoms with Gasteiger partial charge in [0.2, 0.25) is 5.25 Å². The Bertz CT molecular complexity index is 963. The Morgan fingerprint density at radius 1 is 1.00 bits per heavy atom. The first-order valence-electron chi connectivity index (χ1n) is 17.6. The van der Waals surface area contributed by atoms with Crippen LogP contribution in [0.5, 0.6) is 0 Å². The third-order valence-electron chi connectivity index (χ3n) is 7.94. The minimum atomic E-state index is -1.79. The van der Waals surface area contributed by atoms with Gasteiger partial charge in [-0.15, -0.1) is 0 Å². The first-order valence-corrected chi connectivity index (χ1v) is 18.8. The van der Waals surface area contributed by atoms with Crippen LogP contribution in [-0.4, -0.2) is 51.6 Å². The van der Waals surface area contributed by atoms with E-state index in [-0.39, 0.29) is 18.8 Å². The summed E-state index contributed by atoms with van der Waals surface area (Å²) in [6.07, 6.45) is 24.0. The number of hydrogen-bond acceptors (Lipinski definition) is 6. The molecule has 0 aromatic heterocycles. The first kappa shape index (κ1) is 39.5. The maximum Gasteiger partial charge on any atom is 0.363 e. The Kier molecular flexibility index (Phi) is 20.0. The molecule has 7 heteroatoms. The van der Waals surface area contributed by atoms with Crippen molar-refractivity contribution in [3.63, 3.8) is 0 Å². The van der Waals surface area contributed by atoms with Gasteiger partial charge in [-0.3, -0.25) is 0 Å². The number of carbonyl (C=O) groups excluding carboxylic acids is 1. The van der Waals surface area contributed by atoms with Crippen LogP contribution >= 0.6 is 0 Å². The molecule has 4 unspecified atom stereocenters. The molecule has 1 aromatic rings. The largest absolute Gasteiger partial charge is 0.611 e. The predicted molar refractivity (Wildman–Crippen MR) is 186 cm³/mol. The summed E-state index contributed by atoms with van der Waals surface area (Å²) in [6.45, 7) is 10.2. The monoisotopic (exact) mass is 646 g/mol. The van der Waals surface area contributed by atoms with Crippen molar-refractivity contribution in [2.45, 2.75) is 172 Å². The molecule has 1 fully saturated rings. The number of allylic oxidation sites excluding steroid dienone is 4. The summed E-state index contributed by atoms with van der Waals surface area (Å²) in [6, 6.07) is 7.23. The van der Waals surface area contributed by atoms with Crippen molar-refractivity contribution >= 4 is 17.1 Å².